The summed E-state index contributed by atoms with van der Waals surface area (Å²) >= 11 is 0. The Labute approximate surface area is 110 Å². The van der Waals surface area contributed by atoms with Crippen LogP contribution in [-0.4, -0.2) is 49.3 Å². The number of ether oxygens (including phenoxy) is 4. The number of fused-ring (bicyclic) bond motifs is 2. The molecule has 2 bridgehead atoms. The Morgan fingerprint density at radius 2 is 1.94 bits per heavy atom. The van der Waals surface area contributed by atoms with E-state index in [1.165, 1.54) is 0 Å². The molecule has 0 spiro atoms. The maximum atomic E-state index is 6.16. The van der Waals surface area contributed by atoms with Crippen LogP contribution in [0.3, 0.4) is 0 Å². The standard InChI is InChI=1S/C14H26O4/c1-9(2)16-8-14-6-7-15-12(11(5)18-14)13(14)17-10(3)4/h9-13H,6-8H2,1-5H3/t11-,12+,13?,14+/m0/s1. The molecule has 0 aromatic heterocycles. The Morgan fingerprint density at radius 3 is 2.56 bits per heavy atom. The second-order valence-electron chi connectivity index (χ2n) is 5.94. The van der Waals surface area contributed by atoms with E-state index in [2.05, 4.69) is 20.8 Å². The molecule has 4 nitrogen and oxygen atoms in total. The van der Waals surface area contributed by atoms with E-state index in [1.54, 1.807) is 0 Å². The van der Waals surface area contributed by atoms with Crippen molar-refractivity contribution in [2.45, 2.75) is 77.2 Å². The van der Waals surface area contributed by atoms with Crippen molar-refractivity contribution in [3.8, 4) is 0 Å². The van der Waals surface area contributed by atoms with Gasteiger partial charge in [0.2, 0.25) is 0 Å². The van der Waals surface area contributed by atoms with E-state index in [0.717, 1.165) is 13.0 Å². The number of rotatable bonds is 5. The van der Waals surface area contributed by atoms with E-state index in [1.807, 2.05) is 13.8 Å². The Bertz CT molecular complexity index is 279. The summed E-state index contributed by atoms with van der Waals surface area (Å²) < 4.78 is 23.8. The van der Waals surface area contributed by atoms with Crippen LogP contribution in [-0.2, 0) is 18.9 Å². The van der Waals surface area contributed by atoms with E-state index >= 15 is 0 Å². The van der Waals surface area contributed by atoms with Crippen LogP contribution in [0, 0.1) is 0 Å². The second kappa shape index (κ2) is 5.45. The Kier molecular flexibility index (Phi) is 4.32. The third-order valence-electron chi connectivity index (χ3n) is 3.62. The molecule has 0 radical (unpaired) electrons. The molecule has 2 heterocycles. The zero-order valence-corrected chi connectivity index (χ0v) is 12.1. The molecule has 0 aromatic carbocycles. The van der Waals surface area contributed by atoms with Gasteiger partial charge in [-0.3, -0.25) is 0 Å². The van der Waals surface area contributed by atoms with Crippen LogP contribution >= 0.6 is 0 Å². The Balaban J connectivity index is 2.12. The minimum Gasteiger partial charge on any atom is -0.376 e. The van der Waals surface area contributed by atoms with Crippen molar-refractivity contribution < 1.29 is 18.9 Å². The zero-order chi connectivity index (χ0) is 13.3. The summed E-state index contributed by atoms with van der Waals surface area (Å²) in [7, 11) is 0. The van der Waals surface area contributed by atoms with Gasteiger partial charge < -0.3 is 18.9 Å². The molecular formula is C14H26O4. The fourth-order valence-corrected chi connectivity index (χ4v) is 2.83. The first-order valence-corrected chi connectivity index (χ1v) is 7.01. The van der Waals surface area contributed by atoms with Gasteiger partial charge in [0.1, 0.15) is 17.8 Å². The molecule has 2 aliphatic rings. The lowest BCUT2D eigenvalue weighted by molar-refractivity contribution is -0.186. The van der Waals surface area contributed by atoms with Crippen molar-refractivity contribution >= 4 is 0 Å². The first-order valence-electron chi connectivity index (χ1n) is 7.01. The largest absolute Gasteiger partial charge is 0.376 e. The molecule has 4 heteroatoms. The van der Waals surface area contributed by atoms with E-state index < -0.39 is 0 Å². The third-order valence-corrected chi connectivity index (χ3v) is 3.62. The van der Waals surface area contributed by atoms with E-state index in [4.69, 9.17) is 18.9 Å². The van der Waals surface area contributed by atoms with Crippen LogP contribution < -0.4 is 0 Å². The number of hydrogen-bond acceptors (Lipinski definition) is 4. The molecule has 0 aromatic rings. The molecular weight excluding hydrogens is 232 g/mol. The highest BCUT2D eigenvalue weighted by Gasteiger charge is 2.58. The predicted molar refractivity (Wildman–Crippen MR) is 68.7 cm³/mol. The van der Waals surface area contributed by atoms with Gasteiger partial charge in [-0.1, -0.05) is 0 Å². The minimum absolute atomic E-state index is 0.0139. The van der Waals surface area contributed by atoms with Gasteiger partial charge in [-0.15, -0.1) is 0 Å². The molecule has 0 saturated carbocycles. The summed E-state index contributed by atoms with van der Waals surface area (Å²) in [6.07, 6.45) is 1.33. The first kappa shape index (κ1) is 14.3. The highest BCUT2D eigenvalue weighted by molar-refractivity contribution is 5.05. The highest BCUT2D eigenvalue weighted by Crippen LogP contribution is 2.42. The Morgan fingerprint density at radius 1 is 1.22 bits per heavy atom. The molecule has 1 unspecified atom stereocenters. The van der Waals surface area contributed by atoms with Gasteiger partial charge in [0.15, 0.2) is 0 Å². The van der Waals surface area contributed by atoms with Crippen molar-refractivity contribution in [1.29, 1.82) is 0 Å². The van der Waals surface area contributed by atoms with Gasteiger partial charge in [0.05, 0.1) is 31.5 Å². The first-order chi connectivity index (χ1) is 8.44. The smallest absolute Gasteiger partial charge is 0.123 e. The van der Waals surface area contributed by atoms with Crippen molar-refractivity contribution in [2.24, 2.45) is 0 Å². The van der Waals surface area contributed by atoms with Gasteiger partial charge in [0.25, 0.3) is 0 Å². The molecule has 2 fully saturated rings. The van der Waals surface area contributed by atoms with E-state index in [-0.39, 0.29) is 36.1 Å². The summed E-state index contributed by atoms with van der Waals surface area (Å²) in [6.45, 7) is 11.6. The lowest BCUT2D eigenvalue weighted by Crippen LogP contribution is -2.54. The lowest BCUT2D eigenvalue weighted by atomic mass is 9.89. The predicted octanol–water partition coefficient (Wildman–Crippen LogP) is 2.15. The summed E-state index contributed by atoms with van der Waals surface area (Å²) in [5.41, 5.74) is -0.323. The van der Waals surface area contributed by atoms with Gasteiger partial charge in [-0.25, -0.2) is 0 Å². The van der Waals surface area contributed by atoms with Gasteiger partial charge in [0, 0.05) is 6.42 Å². The average Bonchev–Trinajstić information content (AvgIpc) is 2.44. The quantitative estimate of drug-likeness (QED) is 0.757. The topological polar surface area (TPSA) is 36.9 Å². The molecule has 0 N–H and O–H groups in total. The fraction of sp³-hybridized carbons (Fsp3) is 1.00. The third kappa shape index (κ3) is 2.72. The van der Waals surface area contributed by atoms with Crippen LogP contribution in [0.15, 0.2) is 0 Å². The molecule has 4 atom stereocenters. The Hall–Kier alpha value is -0.160. The van der Waals surface area contributed by atoms with Crippen LogP contribution in [0.4, 0.5) is 0 Å². The minimum atomic E-state index is -0.323. The summed E-state index contributed by atoms with van der Waals surface area (Å²) in [4.78, 5) is 0. The molecule has 0 aliphatic carbocycles. The maximum absolute atomic E-state index is 6.16. The normalized spacial score (nSPS) is 39.8. The highest BCUT2D eigenvalue weighted by atomic mass is 16.6. The zero-order valence-electron chi connectivity index (χ0n) is 12.1. The van der Waals surface area contributed by atoms with Crippen molar-refractivity contribution in [3.63, 3.8) is 0 Å². The fourth-order valence-electron chi connectivity index (χ4n) is 2.83. The van der Waals surface area contributed by atoms with Crippen LogP contribution in [0.5, 0.6) is 0 Å². The second-order valence-corrected chi connectivity index (χ2v) is 5.94. The summed E-state index contributed by atoms with van der Waals surface area (Å²) in [5, 5.41) is 0. The average molecular weight is 258 g/mol. The van der Waals surface area contributed by atoms with Crippen molar-refractivity contribution in [1.82, 2.24) is 0 Å². The monoisotopic (exact) mass is 258 g/mol. The molecule has 2 saturated heterocycles. The van der Waals surface area contributed by atoms with Crippen LogP contribution in [0.2, 0.25) is 0 Å². The van der Waals surface area contributed by atoms with Gasteiger partial charge >= 0.3 is 0 Å². The van der Waals surface area contributed by atoms with Gasteiger partial charge in [-0.05, 0) is 34.6 Å². The van der Waals surface area contributed by atoms with Crippen LogP contribution in [0.1, 0.15) is 41.0 Å². The van der Waals surface area contributed by atoms with E-state index in [9.17, 15) is 0 Å². The molecule has 106 valence electrons. The van der Waals surface area contributed by atoms with Crippen LogP contribution in [0.25, 0.3) is 0 Å². The summed E-state index contributed by atoms with van der Waals surface area (Å²) in [6, 6.07) is 0. The molecule has 18 heavy (non-hydrogen) atoms. The molecule has 2 rings (SSSR count). The number of hydrogen-bond donors (Lipinski definition) is 0. The lowest BCUT2D eigenvalue weighted by Gasteiger charge is -2.39. The molecule has 0 amide bonds. The van der Waals surface area contributed by atoms with Gasteiger partial charge in [-0.2, -0.15) is 0 Å². The van der Waals surface area contributed by atoms with Crippen molar-refractivity contribution in [2.75, 3.05) is 13.2 Å². The maximum Gasteiger partial charge on any atom is 0.123 e. The molecule has 2 aliphatic heterocycles. The SMILES string of the molecule is CC(C)OC[C@]12CCO[C@@H](C1OC(C)C)[C@H](C)O2. The van der Waals surface area contributed by atoms with Crippen molar-refractivity contribution in [3.05, 3.63) is 0 Å². The summed E-state index contributed by atoms with van der Waals surface area (Å²) in [5.74, 6) is 0. The van der Waals surface area contributed by atoms with E-state index in [0.29, 0.717) is 6.61 Å².